The third-order valence-electron chi connectivity index (χ3n) is 7.79. The number of ether oxygens (including phenoxy) is 1. The molecule has 2 aromatic carbocycles. The molecule has 8 nitrogen and oxygen atoms in total. The molecule has 39 heavy (non-hydrogen) atoms. The van der Waals surface area contributed by atoms with Crippen molar-refractivity contribution in [3.05, 3.63) is 57.7 Å². The standard InChI is InChI=1S/C30H40IN7O/c1-37-18-16-25(17-19-37)38(2)30-35-28(32-23-12-8-3-4-9-13-23)34-29(36-30)33-24-14-15-27(26(31)20-24)39-21-22-10-6-5-7-11-22/h5-7,10-11,14-15,20,23,25H,3-4,8-9,12-13,16-19,21H2,1-2H3,(H2,32,33,34,35,36). The highest BCUT2D eigenvalue weighted by Crippen LogP contribution is 2.28. The maximum Gasteiger partial charge on any atom is 0.233 e. The van der Waals surface area contributed by atoms with Gasteiger partial charge in [0.1, 0.15) is 12.4 Å². The van der Waals surface area contributed by atoms with Gasteiger partial charge in [0.2, 0.25) is 17.8 Å². The van der Waals surface area contributed by atoms with E-state index in [-0.39, 0.29) is 0 Å². The number of anilines is 4. The van der Waals surface area contributed by atoms with Crippen molar-refractivity contribution in [3.8, 4) is 5.75 Å². The Balaban J connectivity index is 1.33. The van der Waals surface area contributed by atoms with Crippen LogP contribution < -0.4 is 20.3 Å². The van der Waals surface area contributed by atoms with Gasteiger partial charge < -0.3 is 25.2 Å². The summed E-state index contributed by atoms with van der Waals surface area (Å²) in [6.45, 7) is 2.73. The highest BCUT2D eigenvalue weighted by Gasteiger charge is 2.24. The van der Waals surface area contributed by atoms with Crippen LogP contribution in [0.25, 0.3) is 0 Å². The quantitative estimate of drug-likeness (QED) is 0.204. The van der Waals surface area contributed by atoms with Crippen LogP contribution in [0.5, 0.6) is 5.75 Å². The lowest BCUT2D eigenvalue weighted by Crippen LogP contribution is -2.42. The molecule has 1 aliphatic heterocycles. The number of rotatable bonds is 9. The summed E-state index contributed by atoms with van der Waals surface area (Å²) in [5.74, 6) is 2.80. The van der Waals surface area contributed by atoms with E-state index in [1.165, 1.54) is 25.7 Å². The monoisotopic (exact) mass is 641 g/mol. The second-order valence-corrected chi connectivity index (χ2v) is 12.0. The van der Waals surface area contributed by atoms with Crippen molar-refractivity contribution >= 4 is 46.1 Å². The van der Waals surface area contributed by atoms with Crippen LogP contribution in [0.4, 0.5) is 23.5 Å². The Labute approximate surface area is 246 Å². The number of piperidine rings is 1. The molecular weight excluding hydrogens is 601 g/mol. The van der Waals surface area contributed by atoms with Gasteiger partial charge in [0.15, 0.2) is 0 Å². The number of nitrogens with zero attached hydrogens (tertiary/aromatic N) is 5. The summed E-state index contributed by atoms with van der Waals surface area (Å²) < 4.78 is 7.10. The van der Waals surface area contributed by atoms with Crippen LogP contribution in [0.1, 0.15) is 56.9 Å². The Morgan fingerprint density at radius 1 is 0.923 bits per heavy atom. The van der Waals surface area contributed by atoms with Gasteiger partial charge in [-0.3, -0.25) is 0 Å². The maximum absolute atomic E-state index is 6.07. The van der Waals surface area contributed by atoms with Gasteiger partial charge in [-0.1, -0.05) is 56.0 Å². The van der Waals surface area contributed by atoms with Crippen molar-refractivity contribution < 1.29 is 4.74 Å². The number of hydrogen-bond acceptors (Lipinski definition) is 8. The lowest BCUT2D eigenvalue weighted by Gasteiger charge is -2.35. The van der Waals surface area contributed by atoms with Crippen LogP contribution in [-0.4, -0.2) is 59.1 Å². The van der Waals surface area contributed by atoms with E-state index in [0.29, 0.717) is 30.6 Å². The van der Waals surface area contributed by atoms with Gasteiger partial charge in [0, 0.05) is 24.8 Å². The molecular formula is C30H40IN7O. The molecule has 208 valence electrons. The topological polar surface area (TPSA) is 78.4 Å². The molecule has 0 amide bonds. The van der Waals surface area contributed by atoms with Crippen LogP contribution in [0, 0.1) is 3.57 Å². The molecule has 1 saturated heterocycles. The molecule has 9 heteroatoms. The van der Waals surface area contributed by atoms with Crippen LogP contribution in [0.3, 0.4) is 0 Å². The van der Waals surface area contributed by atoms with E-state index in [9.17, 15) is 0 Å². The SMILES string of the molecule is CN1CCC(N(C)c2nc(Nc3ccc(OCc4ccccc4)c(I)c3)nc(NC3CCCCCC3)n2)CC1. The van der Waals surface area contributed by atoms with Crippen LogP contribution in [-0.2, 0) is 6.61 Å². The van der Waals surface area contributed by atoms with E-state index < -0.39 is 0 Å². The largest absolute Gasteiger partial charge is 0.488 e. The average molecular weight is 642 g/mol. The molecule has 3 aromatic rings. The molecule has 1 saturated carbocycles. The first-order valence-corrected chi connectivity index (χ1v) is 15.3. The van der Waals surface area contributed by atoms with Gasteiger partial charge in [0.25, 0.3) is 0 Å². The number of halogens is 1. The third kappa shape index (κ3) is 7.94. The number of nitrogens with one attached hydrogen (secondary N) is 2. The van der Waals surface area contributed by atoms with Gasteiger partial charge in [-0.2, -0.15) is 15.0 Å². The molecule has 0 atom stereocenters. The number of benzene rings is 2. The molecule has 0 unspecified atom stereocenters. The van der Waals surface area contributed by atoms with E-state index in [0.717, 1.165) is 65.3 Å². The van der Waals surface area contributed by atoms with Crippen LogP contribution in [0.2, 0.25) is 0 Å². The fourth-order valence-electron chi connectivity index (χ4n) is 5.35. The second kappa shape index (κ2) is 13.6. The molecule has 2 fully saturated rings. The molecule has 2 aliphatic rings. The molecule has 5 rings (SSSR count). The van der Waals surface area contributed by atoms with E-state index >= 15 is 0 Å². The Morgan fingerprint density at radius 2 is 1.64 bits per heavy atom. The van der Waals surface area contributed by atoms with Crippen molar-refractivity contribution in [2.75, 3.05) is 42.7 Å². The molecule has 2 heterocycles. The van der Waals surface area contributed by atoms with Gasteiger partial charge in [-0.05, 0) is 92.2 Å². The number of hydrogen-bond donors (Lipinski definition) is 2. The summed E-state index contributed by atoms with van der Waals surface area (Å²) >= 11 is 2.32. The van der Waals surface area contributed by atoms with Crippen LogP contribution >= 0.6 is 22.6 Å². The van der Waals surface area contributed by atoms with Crippen molar-refractivity contribution in [2.24, 2.45) is 0 Å². The van der Waals surface area contributed by atoms with Gasteiger partial charge in [-0.15, -0.1) is 0 Å². The number of likely N-dealkylation sites (tertiary alicyclic amines) is 1. The predicted molar refractivity (Wildman–Crippen MR) is 167 cm³/mol. The summed E-state index contributed by atoms with van der Waals surface area (Å²) in [5.41, 5.74) is 2.07. The molecule has 2 N–H and O–H groups in total. The van der Waals surface area contributed by atoms with Crippen molar-refractivity contribution in [3.63, 3.8) is 0 Å². The second-order valence-electron chi connectivity index (χ2n) is 10.8. The van der Waals surface area contributed by atoms with E-state index in [2.05, 4.69) is 75.3 Å². The molecule has 0 spiro atoms. The van der Waals surface area contributed by atoms with E-state index in [1.54, 1.807) is 0 Å². The Hall–Kier alpha value is -2.66. The first-order chi connectivity index (χ1) is 19.0. The zero-order valence-electron chi connectivity index (χ0n) is 23.1. The lowest BCUT2D eigenvalue weighted by molar-refractivity contribution is 0.252. The van der Waals surface area contributed by atoms with Crippen molar-refractivity contribution in [1.29, 1.82) is 0 Å². The fourth-order valence-corrected chi connectivity index (χ4v) is 6.03. The smallest absolute Gasteiger partial charge is 0.233 e. The zero-order chi connectivity index (χ0) is 27.0. The predicted octanol–water partition coefficient (Wildman–Crippen LogP) is 6.46. The van der Waals surface area contributed by atoms with Crippen molar-refractivity contribution in [2.45, 2.75) is 70.1 Å². The zero-order valence-corrected chi connectivity index (χ0v) is 25.2. The Morgan fingerprint density at radius 3 is 2.36 bits per heavy atom. The normalized spacial score (nSPS) is 17.4. The first kappa shape index (κ1) is 27.9. The maximum atomic E-state index is 6.07. The Bertz CT molecular complexity index is 1200. The highest BCUT2D eigenvalue weighted by molar-refractivity contribution is 14.1. The van der Waals surface area contributed by atoms with Crippen LogP contribution in [0.15, 0.2) is 48.5 Å². The van der Waals surface area contributed by atoms with Gasteiger partial charge in [-0.25, -0.2) is 0 Å². The average Bonchev–Trinajstić information content (AvgIpc) is 3.22. The summed E-state index contributed by atoms with van der Waals surface area (Å²) in [6, 6.07) is 17.2. The Kier molecular flexibility index (Phi) is 9.73. The highest BCUT2D eigenvalue weighted by atomic mass is 127. The molecule has 1 aromatic heterocycles. The van der Waals surface area contributed by atoms with Gasteiger partial charge in [0.05, 0.1) is 3.57 Å². The third-order valence-corrected chi connectivity index (χ3v) is 8.63. The minimum atomic E-state index is 0.409. The first-order valence-electron chi connectivity index (χ1n) is 14.2. The molecule has 1 aliphatic carbocycles. The lowest BCUT2D eigenvalue weighted by atomic mass is 10.0. The van der Waals surface area contributed by atoms with E-state index in [4.69, 9.17) is 19.7 Å². The number of aromatic nitrogens is 3. The summed E-state index contributed by atoms with van der Waals surface area (Å²) in [4.78, 5) is 19.2. The minimum absolute atomic E-state index is 0.409. The van der Waals surface area contributed by atoms with E-state index in [1.807, 2.05) is 30.3 Å². The molecule has 0 radical (unpaired) electrons. The summed E-state index contributed by atoms with van der Waals surface area (Å²) in [6.07, 6.45) is 9.69. The summed E-state index contributed by atoms with van der Waals surface area (Å²) in [7, 11) is 4.31. The minimum Gasteiger partial charge on any atom is -0.488 e. The molecule has 0 bridgehead atoms. The summed E-state index contributed by atoms with van der Waals surface area (Å²) in [5, 5.41) is 7.09. The fraction of sp³-hybridized carbons (Fsp3) is 0.500. The van der Waals surface area contributed by atoms with Gasteiger partial charge >= 0.3 is 0 Å². The van der Waals surface area contributed by atoms with Crippen molar-refractivity contribution in [1.82, 2.24) is 19.9 Å².